The van der Waals surface area contributed by atoms with Crippen molar-refractivity contribution in [2.45, 2.75) is 32.2 Å². The van der Waals surface area contributed by atoms with Crippen molar-refractivity contribution in [3.05, 3.63) is 42.1 Å². The van der Waals surface area contributed by atoms with E-state index in [0.717, 1.165) is 41.6 Å². The zero-order chi connectivity index (χ0) is 19.7. The largest absolute Gasteiger partial charge is 0.311 e. The fourth-order valence-corrected chi connectivity index (χ4v) is 4.10. The summed E-state index contributed by atoms with van der Waals surface area (Å²) in [5, 5.41) is 12.0. The highest BCUT2D eigenvalue weighted by Crippen LogP contribution is 2.37. The predicted octanol–water partition coefficient (Wildman–Crippen LogP) is 2.54. The molecule has 1 aromatic heterocycles. The molecular weight excluding hydrogens is 354 g/mol. The Morgan fingerprint density at radius 3 is 2.93 bits per heavy atom. The van der Waals surface area contributed by atoms with Crippen molar-refractivity contribution in [2.24, 2.45) is 0 Å². The number of fused-ring (bicyclic) bond motifs is 1. The standard InChI is InChI=1S/C21H21N5O2/c1-14(27)24-20-12-15(7-9-23-20)16-4-2-5-18-17(16)8-11-26(18)21(28)19-6-3-10-25(19)13-22/h2,4-5,7,9,12,19H,3,6,8,10-11H2,1H3,(H,23,24,27)/t19-/m0/s1. The normalized spacial score (nSPS) is 17.9. The SMILES string of the molecule is CC(=O)Nc1cc(-c2cccc3c2CCN3C(=O)[C@@H]2CCCN2C#N)ccn1. The van der Waals surface area contributed by atoms with Gasteiger partial charge in [-0.1, -0.05) is 12.1 Å². The fourth-order valence-electron chi connectivity index (χ4n) is 4.10. The van der Waals surface area contributed by atoms with Crippen LogP contribution in [0.25, 0.3) is 11.1 Å². The molecule has 1 saturated heterocycles. The van der Waals surface area contributed by atoms with Gasteiger partial charge in [0.15, 0.2) is 6.19 Å². The summed E-state index contributed by atoms with van der Waals surface area (Å²) in [5.41, 5.74) is 4.00. The number of anilines is 2. The minimum atomic E-state index is -0.355. The molecule has 2 aromatic rings. The van der Waals surface area contributed by atoms with E-state index < -0.39 is 0 Å². The molecule has 2 amide bonds. The van der Waals surface area contributed by atoms with Crippen LogP contribution in [0.2, 0.25) is 0 Å². The first-order chi connectivity index (χ1) is 13.6. The van der Waals surface area contributed by atoms with Crippen LogP contribution >= 0.6 is 0 Å². The Kier molecular flexibility index (Phi) is 4.70. The van der Waals surface area contributed by atoms with Gasteiger partial charge in [0, 0.05) is 31.9 Å². The Morgan fingerprint density at radius 1 is 1.29 bits per heavy atom. The van der Waals surface area contributed by atoms with E-state index >= 15 is 0 Å². The number of likely N-dealkylation sites (tertiary alicyclic amines) is 1. The lowest BCUT2D eigenvalue weighted by Gasteiger charge is -2.25. The molecule has 142 valence electrons. The number of benzene rings is 1. The number of hydrogen-bond donors (Lipinski definition) is 1. The van der Waals surface area contributed by atoms with Gasteiger partial charge in [0.25, 0.3) is 0 Å². The van der Waals surface area contributed by atoms with Gasteiger partial charge >= 0.3 is 0 Å². The summed E-state index contributed by atoms with van der Waals surface area (Å²) in [6, 6.07) is 9.32. The van der Waals surface area contributed by atoms with Gasteiger partial charge in [0.2, 0.25) is 11.8 Å². The molecule has 0 saturated carbocycles. The third kappa shape index (κ3) is 3.18. The maximum atomic E-state index is 13.1. The van der Waals surface area contributed by atoms with Crippen LogP contribution in [0.15, 0.2) is 36.5 Å². The maximum Gasteiger partial charge on any atom is 0.250 e. The second-order valence-corrected chi connectivity index (χ2v) is 7.11. The highest BCUT2D eigenvalue weighted by molar-refractivity contribution is 6.00. The Bertz CT molecular complexity index is 981. The summed E-state index contributed by atoms with van der Waals surface area (Å²) < 4.78 is 0. The van der Waals surface area contributed by atoms with Crippen LogP contribution in [0.5, 0.6) is 0 Å². The Morgan fingerprint density at radius 2 is 2.14 bits per heavy atom. The van der Waals surface area contributed by atoms with E-state index in [9.17, 15) is 14.9 Å². The van der Waals surface area contributed by atoms with Gasteiger partial charge in [-0.05, 0) is 54.2 Å². The first kappa shape index (κ1) is 18.0. The van der Waals surface area contributed by atoms with Crippen molar-refractivity contribution in [1.82, 2.24) is 9.88 Å². The molecule has 1 aromatic carbocycles. The molecule has 3 heterocycles. The zero-order valence-electron chi connectivity index (χ0n) is 15.7. The molecule has 1 atom stereocenters. The smallest absolute Gasteiger partial charge is 0.250 e. The van der Waals surface area contributed by atoms with Gasteiger partial charge in [-0.25, -0.2) is 4.98 Å². The highest BCUT2D eigenvalue weighted by atomic mass is 16.2. The van der Waals surface area contributed by atoms with Crippen LogP contribution in [0, 0.1) is 11.5 Å². The molecule has 0 bridgehead atoms. The minimum absolute atomic E-state index is 0.00335. The number of carbonyl (C=O) groups is 2. The summed E-state index contributed by atoms with van der Waals surface area (Å²) in [6.07, 6.45) is 6.17. The molecule has 7 nitrogen and oxygen atoms in total. The van der Waals surface area contributed by atoms with E-state index in [1.807, 2.05) is 35.2 Å². The minimum Gasteiger partial charge on any atom is -0.311 e. The lowest BCUT2D eigenvalue weighted by atomic mass is 9.98. The van der Waals surface area contributed by atoms with E-state index in [2.05, 4.69) is 16.5 Å². The van der Waals surface area contributed by atoms with E-state index in [-0.39, 0.29) is 17.9 Å². The van der Waals surface area contributed by atoms with Crippen molar-refractivity contribution in [1.29, 1.82) is 5.26 Å². The number of pyridine rings is 1. The number of aromatic nitrogens is 1. The van der Waals surface area contributed by atoms with Gasteiger partial charge in [-0.15, -0.1) is 0 Å². The summed E-state index contributed by atoms with van der Waals surface area (Å²) in [6.45, 7) is 2.72. The lowest BCUT2D eigenvalue weighted by molar-refractivity contribution is -0.122. The average Bonchev–Trinajstić information content (AvgIpc) is 3.33. The van der Waals surface area contributed by atoms with Crippen LogP contribution in [-0.2, 0) is 16.0 Å². The first-order valence-corrected chi connectivity index (χ1v) is 9.42. The van der Waals surface area contributed by atoms with Crippen LogP contribution in [-0.4, -0.2) is 40.8 Å². The highest BCUT2D eigenvalue weighted by Gasteiger charge is 2.36. The molecule has 28 heavy (non-hydrogen) atoms. The Balaban J connectivity index is 1.66. The van der Waals surface area contributed by atoms with Crippen LogP contribution in [0.1, 0.15) is 25.3 Å². The maximum absolute atomic E-state index is 13.1. The molecule has 0 unspecified atom stereocenters. The zero-order valence-corrected chi connectivity index (χ0v) is 15.7. The van der Waals surface area contributed by atoms with E-state index in [1.165, 1.54) is 6.92 Å². The molecule has 1 fully saturated rings. The molecule has 0 aliphatic carbocycles. The molecule has 7 heteroatoms. The van der Waals surface area contributed by atoms with Crippen molar-refractivity contribution in [3.63, 3.8) is 0 Å². The Labute approximate surface area is 163 Å². The van der Waals surface area contributed by atoms with Crippen molar-refractivity contribution in [2.75, 3.05) is 23.3 Å². The van der Waals surface area contributed by atoms with Gasteiger partial charge in [0.05, 0.1) is 0 Å². The fraction of sp³-hybridized carbons (Fsp3) is 0.333. The number of nitrogens with zero attached hydrogens (tertiary/aromatic N) is 4. The first-order valence-electron chi connectivity index (χ1n) is 9.42. The molecule has 4 rings (SSSR count). The molecule has 2 aliphatic rings. The lowest BCUT2D eigenvalue weighted by Crippen LogP contribution is -2.43. The third-order valence-corrected chi connectivity index (χ3v) is 5.33. The van der Waals surface area contributed by atoms with Gasteiger partial charge in [0.1, 0.15) is 11.9 Å². The molecule has 0 radical (unpaired) electrons. The van der Waals surface area contributed by atoms with Crippen LogP contribution in [0.4, 0.5) is 11.5 Å². The van der Waals surface area contributed by atoms with Gasteiger partial charge < -0.3 is 10.2 Å². The average molecular weight is 375 g/mol. The number of hydrogen-bond acceptors (Lipinski definition) is 5. The van der Waals surface area contributed by atoms with E-state index in [0.29, 0.717) is 18.9 Å². The summed E-state index contributed by atoms with van der Waals surface area (Å²) >= 11 is 0. The monoisotopic (exact) mass is 375 g/mol. The molecule has 1 N–H and O–H groups in total. The van der Waals surface area contributed by atoms with Crippen LogP contribution < -0.4 is 10.2 Å². The number of rotatable bonds is 3. The van der Waals surface area contributed by atoms with Crippen LogP contribution in [0.3, 0.4) is 0 Å². The van der Waals surface area contributed by atoms with Crippen molar-refractivity contribution < 1.29 is 9.59 Å². The predicted molar refractivity (Wildman–Crippen MR) is 105 cm³/mol. The molecule has 0 spiro atoms. The summed E-state index contributed by atoms with van der Waals surface area (Å²) in [7, 11) is 0. The molecular formula is C21H21N5O2. The van der Waals surface area contributed by atoms with Crippen molar-refractivity contribution in [3.8, 4) is 17.3 Å². The number of amides is 2. The van der Waals surface area contributed by atoms with Gasteiger partial charge in [-0.3, -0.25) is 14.5 Å². The summed E-state index contributed by atoms with van der Waals surface area (Å²) in [5.74, 6) is 0.339. The second kappa shape index (κ2) is 7.31. The van der Waals surface area contributed by atoms with E-state index in [4.69, 9.17) is 0 Å². The topological polar surface area (TPSA) is 89.3 Å². The second-order valence-electron chi connectivity index (χ2n) is 7.11. The number of nitriles is 1. The van der Waals surface area contributed by atoms with Crippen molar-refractivity contribution >= 4 is 23.3 Å². The quantitative estimate of drug-likeness (QED) is 0.833. The number of nitrogens with one attached hydrogen (secondary N) is 1. The Hall–Kier alpha value is -3.40. The number of carbonyl (C=O) groups excluding carboxylic acids is 2. The third-order valence-electron chi connectivity index (χ3n) is 5.33. The summed E-state index contributed by atoms with van der Waals surface area (Å²) in [4.78, 5) is 32.0. The van der Waals surface area contributed by atoms with Gasteiger partial charge in [-0.2, -0.15) is 5.26 Å². The van der Waals surface area contributed by atoms with E-state index in [1.54, 1.807) is 11.1 Å². The molecule has 2 aliphatic heterocycles.